The number of benzene rings is 1. The molecular formula is C15H22N2O4. The number of carbonyl (C=O) groups is 2. The van der Waals surface area contributed by atoms with Gasteiger partial charge in [0.2, 0.25) is 0 Å². The molecule has 0 aliphatic carbocycles. The maximum Gasteiger partial charge on any atom is 0.412 e. The largest absolute Gasteiger partial charge is 0.480 e. The minimum Gasteiger partial charge on any atom is -0.480 e. The highest BCUT2D eigenvalue weighted by Crippen LogP contribution is 2.25. The number of aryl methyl sites for hydroxylation is 1. The number of ether oxygens (including phenoxy) is 1. The van der Waals surface area contributed by atoms with Gasteiger partial charge in [-0.05, 0) is 57.4 Å². The number of hydrogen-bond acceptors (Lipinski definition) is 4. The number of carboxylic acid groups (broad SMARTS) is 1. The fourth-order valence-corrected chi connectivity index (χ4v) is 1.75. The predicted octanol–water partition coefficient (Wildman–Crippen LogP) is 2.73. The van der Waals surface area contributed by atoms with Crippen molar-refractivity contribution < 1.29 is 19.4 Å². The molecule has 0 saturated carbocycles. The molecule has 4 N–H and O–H groups in total. The lowest BCUT2D eigenvalue weighted by Crippen LogP contribution is -2.27. The Morgan fingerprint density at radius 1 is 1.29 bits per heavy atom. The standard InChI is InChI=1S/C15H22N2O4/c1-8-6-10(12(16)13(18)19)7-11(9(8)2)17-14(20)21-15(3,4)5/h6-7,12H,16H2,1-5H3,(H,17,20)(H,18,19). The van der Waals surface area contributed by atoms with Crippen LogP contribution in [0.15, 0.2) is 12.1 Å². The van der Waals surface area contributed by atoms with Gasteiger partial charge in [-0.25, -0.2) is 4.79 Å². The molecule has 1 aromatic rings. The fraction of sp³-hybridized carbons (Fsp3) is 0.467. The minimum absolute atomic E-state index is 0.427. The van der Waals surface area contributed by atoms with Gasteiger partial charge in [0.15, 0.2) is 0 Å². The van der Waals surface area contributed by atoms with Crippen LogP contribution in [0.4, 0.5) is 10.5 Å². The summed E-state index contributed by atoms with van der Waals surface area (Å²) in [7, 11) is 0. The second-order valence-electron chi connectivity index (χ2n) is 5.95. The lowest BCUT2D eigenvalue weighted by atomic mass is 9.99. The van der Waals surface area contributed by atoms with Gasteiger partial charge < -0.3 is 15.6 Å². The monoisotopic (exact) mass is 294 g/mol. The number of amides is 1. The number of carboxylic acids is 1. The average molecular weight is 294 g/mol. The first-order chi connectivity index (χ1) is 9.51. The molecule has 0 aliphatic heterocycles. The number of nitrogens with two attached hydrogens (primary N) is 1. The van der Waals surface area contributed by atoms with Gasteiger partial charge in [-0.2, -0.15) is 0 Å². The Kier molecular flexibility index (Phi) is 4.96. The van der Waals surface area contributed by atoms with Gasteiger partial charge in [0.25, 0.3) is 0 Å². The van der Waals surface area contributed by atoms with Crippen molar-refractivity contribution in [3.05, 3.63) is 28.8 Å². The minimum atomic E-state index is -1.14. The Bertz CT molecular complexity index is 562. The summed E-state index contributed by atoms with van der Waals surface area (Å²) in [6.07, 6.45) is -0.592. The summed E-state index contributed by atoms with van der Waals surface area (Å²) in [6.45, 7) is 8.95. The van der Waals surface area contributed by atoms with Crippen molar-refractivity contribution in [3.8, 4) is 0 Å². The quantitative estimate of drug-likeness (QED) is 0.795. The van der Waals surface area contributed by atoms with E-state index < -0.39 is 23.7 Å². The fourth-order valence-electron chi connectivity index (χ4n) is 1.75. The van der Waals surface area contributed by atoms with Crippen molar-refractivity contribution in [2.45, 2.75) is 46.3 Å². The molecule has 0 spiro atoms. The Hall–Kier alpha value is -2.08. The molecule has 0 aromatic heterocycles. The van der Waals surface area contributed by atoms with Gasteiger partial charge in [-0.15, -0.1) is 0 Å². The first kappa shape index (κ1) is 17.0. The highest BCUT2D eigenvalue weighted by molar-refractivity contribution is 5.87. The van der Waals surface area contributed by atoms with Crippen LogP contribution in [0.1, 0.15) is 43.5 Å². The molecule has 1 atom stereocenters. The second-order valence-corrected chi connectivity index (χ2v) is 5.95. The number of hydrogen-bond donors (Lipinski definition) is 3. The van der Waals surface area contributed by atoms with Crippen molar-refractivity contribution in [1.29, 1.82) is 0 Å². The van der Waals surface area contributed by atoms with Crippen molar-refractivity contribution in [2.24, 2.45) is 5.73 Å². The molecule has 0 aliphatic rings. The third-order valence-electron chi connectivity index (χ3n) is 2.95. The third-order valence-corrected chi connectivity index (χ3v) is 2.95. The smallest absolute Gasteiger partial charge is 0.412 e. The lowest BCUT2D eigenvalue weighted by Gasteiger charge is -2.21. The Labute approximate surface area is 124 Å². The zero-order chi connectivity index (χ0) is 16.4. The first-order valence-corrected chi connectivity index (χ1v) is 6.61. The van der Waals surface area contributed by atoms with Crippen molar-refractivity contribution >= 4 is 17.7 Å². The van der Waals surface area contributed by atoms with E-state index in [0.29, 0.717) is 11.3 Å². The molecule has 116 valence electrons. The van der Waals surface area contributed by atoms with E-state index >= 15 is 0 Å². The van der Waals surface area contributed by atoms with Gasteiger partial charge >= 0.3 is 12.1 Å². The first-order valence-electron chi connectivity index (χ1n) is 6.61. The van der Waals surface area contributed by atoms with E-state index in [9.17, 15) is 9.59 Å². The molecule has 6 nitrogen and oxygen atoms in total. The molecule has 1 rings (SSSR count). The van der Waals surface area contributed by atoms with Crippen LogP contribution in [0.3, 0.4) is 0 Å². The van der Waals surface area contributed by atoms with E-state index in [1.807, 2.05) is 13.8 Å². The molecule has 1 unspecified atom stereocenters. The summed E-state index contributed by atoms with van der Waals surface area (Å²) in [5.74, 6) is -1.12. The molecule has 1 aromatic carbocycles. The molecule has 0 heterocycles. The Morgan fingerprint density at radius 2 is 1.86 bits per heavy atom. The average Bonchev–Trinajstić information content (AvgIpc) is 2.31. The SMILES string of the molecule is Cc1cc(C(N)C(=O)O)cc(NC(=O)OC(C)(C)C)c1C. The summed E-state index contributed by atoms with van der Waals surface area (Å²) in [5, 5.41) is 11.6. The van der Waals surface area contributed by atoms with Gasteiger partial charge in [0.05, 0.1) is 0 Å². The summed E-state index contributed by atoms with van der Waals surface area (Å²) in [6, 6.07) is 2.13. The maximum atomic E-state index is 11.8. The van der Waals surface area contributed by atoms with Crippen LogP contribution >= 0.6 is 0 Å². The van der Waals surface area contributed by atoms with Crippen LogP contribution in [0.25, 0.3) is 0 Å². The number of aliphatic carboxylic acids is 1. The summed E-state index contributed by atoms with van der Waals surface area (Å²) < 4.78 is 5.19. The van der Waals surface area contributed by atoms with Crippen LogP contribution in [0.2, 0.25) is 0 Å². The zero-order valence-corrected chi connectivity index (χ0v) is 13.0. The van der Waals surface area contributed by atoms with Gasteiger partial charge in [-0.3, -0.25) is 10.1 Å². The maximum absolute atomic E-state index is 11.8. The number of nitrogens with one attached hydrogen (secondary N) is 1. The van der Waals surface area contributed by atoms with Crippen LogP contribution in [-0.4, -0.2) is 22.8 Å². The molecule has 0 radical (unpaired) electrons. The van der Waals surface area contributed by atoms with Crippen LogP contribution in [0, 0.1) is 13.8 Å². The van der Waals surface area contributed by atoms with Crippen molar-refractivity contribution in [2.75, 3.05) is 5.32 Å². The molecule has 21 heavy (non-hydrogen) atoms. The van der Waals surface area contributed by atoms with Crippen molar-refractivity contribution in [1.82, 2.24) is 0 Å². The third kappa shape index (κ3) is 4.75. The molecule has 0 saturated heterocycles. The van der Waals surface area contributed by atoms with Crippen LogP contribution in [-0.2, 0) is 9.53 Å². The van der Waals surface area contributed by atoms with Gasteiger partial charge in [-0.1, -0.05) is 6.07 Å². The lowest BCUT2D eigenvalue weighted by molar-refractivity contribution is -0.138. The highest BCUT2D eigenvalue weighted by atomic mass is 16.6. The zero-order valence-electron chi connectivity index (χ0n) is 13.0. The van der Waals surface area contributed by atoms with E-state index in [2.05, 4.69) is 5.32 Å². The van der Waals surface area contributed by atoms with E-state index in [0.717, 1.165) is 11.1 Å². The summed E-state index contributed by atoms with van der Waals surface area (Å²) in [4.78, 5) is 22.8. The van der Waals surface area contributed by atoms with E-state index in [1.165, 1.54) is 0 Å². The number of rotatable bonds is 3. The van der Waals surface area contributed by atoms with Gasteiger partial charge in [0.1, 0.15) is 11.6 Å². The van der Waals surface area contributed by atoms with E-state index in [4.69, 9.17) is 15.6 Å². The molecule has 1 amide bonds. The number of carbonyl (C=O) groups excluding carboxylic acids is 1. The van der Waals surface area contributed by atoms with Crippen molar-refractivity contribution in [3.63, 3.8) is 0 Å². The molecule has 6 heteroatoms. The second kappa shape index (κ2) is 6.13. The Balaban J connectivity index is 3.07. The van der Waals surface area contributed by atoms with Gasteiger partial charge in [0, 0.05) is 5.69 Å². The normalized spacial score (nSPS) is 12.7. The highest BCUT2D eigenvalue weighted by Gasteiger charge is 2.20. The van der Waals surface area contributed by atoms with Crippen LogP contribution in [0.5, 0.6) is 0 Å². The molecular weight excluding hydrogens is 272 g/mol. The Morgan fingerprint density at radius 3 is 2.33 bits per heavy atom. The molecule has 0 fully saturated rings. The molecule has 0 bridgehead atoms. The number of anilines is 1. The van der Waals surface area contributed by atoms with Crippen LogP contribution < -0.4 is 11.1 Å². The van der Waals surface area contributed by atoms with E-state index in [1.54, 1.807) is 32.9 Å². The topological polar surface area (TPSA) is 102 Å². The van der Waals surface area contributed by atoms with E-state index in [-0.39, 0.29) is 0 Å². The summed E-state index contributed by atoms with van der Waals surface area (Å²) in [5.41, 5.74) is 7.61. The predicted molar refractivity (Wildman–Crippen MR) is 80.3 cm³/mol. The summed E-state index contributed by atoms with van der Waals surface area (Å²) >= 11 is 0.